The van der Waals surface area contributed by atoms with Gasteiger partial charge in [-0.2, -0.15) is 0 Å². The zero-order valence-corrected chi connectivity index (χ0v) is 12.0. The molecule has 0 aliphatic rings. The quantitative estimate of drug-likeness (QED) is 0.415. The fourth-order valence-corrected chi connectivity index (χ4v) is 2.16. The van der Waals surface area contributed by atoms with Crippen LogP contribution >= 0.6 is 0 Å². The summed E-state index contributed by atoms with van der Waals surface area (Å²) in [6.07, 6.45) is 0.243. The molecule has 0 spiro atoms. The third-order valence-corrected chi connectivity index (χ3v) is 3.29. The maximum absolute atomic E-state index is 12.6. The van der Waals surface area contributed by atoms with Crippen LogP contribution in [0.15, 0.2) is 59.0 Å². The van der Waals surface area contributed by atoms with Crippen LogP contribution < -0.4 is 4.74 Å². The highest BCUT2D eigenvalue weighted by Crippen LogP contribution is 2.25. The number of para-hydroxylation sites is 2. The molecule has 0 aliphatic carbocycles. The maximum Gasteiger partial charge on any atom is 0.310 e. The molecule has 0 atom stereocenters. The first-order valence-electron chi connectivity index (χ1n) is 7.02. The van der Waals surface area contributed by atoms with Crippen LogP contribution in [-0.4, -0.2) is 11.8 Å². The van der Waals surface area contributed by atoms with Gasteiger partial charge in [0.1, 0.15) is 11.3 Å². The topological polar surface area (TPSA) is 56.5 Å². The van der Waals surface area contributed by atoms with Crippen molar-refractivity contribution in [3.05, 3.63) is 65.9 Å². The minimum atomic E-state index is -0.384. The van der Waals surface area contributed by atoms with Gasteiger partial charge in [-0.1, -0.05) is 37.3 Å². The maximum atomic E-state index is 12.6. The van der Waals surface area contributed by atoms with Crippen molar-refractivity contribution in [2.24, 2.45) is 0 Å². The lowest BCUT2D eigenvalue weighted by molar-refractivity contribution is -0.134. The minimum absolute atomic E-state index is 0.223. The molecule has 0 aliphatic heterocycles. The zero-order chi connectivity index (χ0) is 15.5. The summed E-state index contributed by atoms with van der Waals surface area (Å²) in [6, 6.07) is 15.7. The van der Waals surface area contributed by atoms with Gasteiger partial charge in [-0.15, -0.1) is 0 Å². The largest absolute Gasteiger partial charge is 0.453 e. The van der Waals surface area contributed by atoms with E-state index in [1.807, 2.05) is 18.2 Å². The number of hydrogen-bond acceptors (Lipinski definition) is 4. The number of hydrogen-bond donors (Lipinski definition) is 0. The molecule has 0 unspecified atom stereocenters. The summed E-state index contributed by atoms with van der Waals surface area (Å²) in [5, 5.41) is 0.855. The van der Waals surface area contributed by atoms with E-state index in [-0.39, 0.29) is 29.7 Å². The first-order valence-corrected chi connectivity index (χ1v) is 7.02. The molecule has 0 amide bonds. The number of rotatable bonds is 4. The van der Waals surface area contributed by atoms with Crippen LogP contribution in [0.1, 0.15) is 29.5 Å². The van der Waals surface area contributed by atoms with Crippen LogP contribution in [0.5, 0.6) is 5.75 Å². The molecule has 2 aromatic carbocycles. The number of furan rings is 1. The van der Waals surface area contributed by atoms with E-state index in [1.165, 1.54) is 0 Å². The molecule has 1 heterocycles. The van der Waals surface area contributed by atoms with Gasteiger partial charge in [0.2, 0.25) is 5.78 Å². The van der Waals surface area contributed by atoms with E-state index in [1.54, 1.807) is 43.3 Å². The monoisotopic (exact) mass is 294 g/mol. The number of carbonyl (C=O) groups excluding carboxylic acids is 2. The van der Waals surface area contributed by atoms with Gasteiger partial charge >= 0.3 is 5.97 Å². The molecule has 3 aromatic rings. The Kier molecular flexibility index (Phi) is 3.74. The van der Waals surface area contributed by atoms with E-state index in [0.29, 0.717) is 11.1 Å². The van der Waals surface area contributed by atoms with Gasteiger partial charge in [-0.25, -0.2) is 0 Å². The summed E-state index contributed by atoms with van der Waals surface area (Å²) >= 11 is 0. The number of esters is 1. The van der Waals surface area contributed by atoms with Crippen LogP contribution in [-0.2, 0) is 4.79 Å². The first kappa shape index (κ1) is 14.1. The SMILES string of the molecule is CCC(=O)Oc1ccccc1C(=O)c1cc2ccccc2o1. The molecule has 0 N–H and O–H groups in total. The molecule has 0 saturated carbocycles. The standard InChI is InChI=1S/C18H14O4/c1-2-17(19)22-15-10-6-4-8-13(15)18(20)16-11-12-7-3-5-9-14(12)21-16/h3-11H,2H2,1H3. The second-order valence-electron chi connectivity index (χ2n) is 4.80. The first-order chi connectivity index (χ1) is 10.7. The van der Waals surface area contributed by atoms with Crippen LogP contribution in [0.25, 0.3) is 11.0 Å². The van der Waals surface area contributed by atoms with Crippen LogP contribution in [0, 0.1) is 0 Å². The number of carbonyl (C=O) groups is 2. The van der Waals surface area contributed by atoms with E-state index in [4.69, 9.17) is 9.15 Å². The molecular weight excluding hydrogens is 280 g/mol. The Morgan fingerprint density at radius 2 is 1.77 bits per heavy atom. The number of ether oxygens (including phenoxy) is 1. The predicted molar refractivity (Wildman–Crippen MR) is 82.0 cm³/mol. The Hall–Kier alpha value is -2.88. The lowest BCUT2D eigenvalue weighted by atomic mass is 10.1. The Morgan fingerprint density at radius 1 is 1.05 bits per heavy atom. The molecular formula is C18H14O4. The highest BCUT2D eigenvalue weighted by molar-refractivity contribution is 6.10. The van der Waals surface area contributed by atoms with Crippen LogP contribution in [0.4, 0.5) is 0 Å². The zero-order valence-electron chi connectivity index (χ0n) is 12.0. The fraction of sp³-hybridized carbons (Fsp3) is 0.111. The molecule has 4 nitrogen and oxygen atoms in total. The molecule has 4 heteroatoms. The molecule has 0 fully saturated rings. The van der Waals surface area contributed by atoms with Crippen LogP contribution in [0.3, 0.4) is 0 Å². The van der Waals surface area contributed by atoms with E-state index >= 15 is 0 Å². The molecule has 110 valence electrons. The van der Waals surface area contributed by atoms with Crippen molar-refractivity contribution in [1.82, 2.24) is 0 Å². The van der Waals surface area contributed by atoms with Crippen LogP contribution in [0.2, 0.25) is 0 Å². The Bertz CT molecular complexity index is 812. The number of benzene rings is 2. The molecule has 22 heavy (non-hydrogen) atoms. The van der Waals surface area contributed by atoms with Gasteiger partial charge in [-0.05, 0) is 24.3 Å². The normalized spacial score (nSPS) is 10.6. The van der Waals surface area contributed by atoms with Gasteiger partial charge in [0.05, 0.1) is 5.56 Å². The second-order valence-corrected chi connectivity index (χ2v) is 4.80. The van der Waals surface area contributed by atoms with Gasteiger partial charge in [0.25, 0.3) is 0 Å². The van der Waals surface area contributed by atoms with E-state index in [2.05, 4.69) is 0 Å². The minimum Gasteiger partial charge on any atom is -0.453 e. The summed E-state index contributed by atoms with van der Waals surface area (Å²) in [6.45, 7) is 1.70. The van der Waals surface area contributed by atoms with Gasteiger partial charge in [0.15, 0.2) is 5.76 Å². The molecule has 3 rings (SSSR count). The Morgan fingerprint density at radius 3 is 2.55 bits per heavy atom. The fourth-order valence-electron chi connectivity index (χ4n) is 2.16. The highest BCUT2D eigenvalue weighted by Gasteiger charge is 2.19. The van der Waals surface area contributed by atoms with E-state index in [0.717, 1.165) is 5.39 Å². The lowest BCUT2D eigenvalue weighted by Crippen LogP contribution is -2.10. The van der Waals surface area contributed by atoms with Gasteiger partial charge < -0.3 is 9.15 Å². The van der Waals surface area contributed by atoms with Crippen molar-refractivity contribution in [2.75, 3.05) is 0 Å². The third kappa shape index (κ3) is 2.63. The number of ketones is 1. The smallest absolute Gasteiger partial charge is 0.310 e. The Labute approximate surface area is 127 Å². The van der Waals surface area contributed by atoms with E-state index < -0.39 is 0 Å². The van der Waals surface area contributed by atoms with Crippen molar-refractivity contribution in [3.63, 3.8) is 0 Å². The molecule has 0 bridgehead atoms. The Balaban J connectivity index is 1.99. The molecule has 1 aromatic heterocycles. The molecule has 0 radical (unpaired) electrons. The summed E-state index contributed by atoms with van der Waals surface area (Å²) in [5.41, 5.74) is 0.956. The van der Waals surface area contributed by atoms with Crippen molar-refractivity contribution in [1.29, 1.82) is 0 Å². The average molecular weight is 294 g/mol. The van der Waals surface area contributed by atoms with Gasteiger partial charge in [-0.3, -0.25) is 9.59 Å². The van der Waals surface area contributed by atoms with Crippen molar-refractivity contribution in [3.8, 4) is 5.75 Å². The van der Waals surface area contributed by atoms with E-state index in [9.17, 15) is 9.59 Å². The lowest BCUT2D eigenvalue weighted by Gasteiger charge is -2.07. The predicted octanol–water partition coefficient (Wildman–Crippen LogP) is 3.98. The summed E-state index contributed by atoms with van der Waals surface area (Å²) < 4.78 is 10.8. The summed E-state index contributed by atoms with van der Waals surface area (Å²) in [4.78, 5) is 24.1. The second kappa shape index (κ2) is 5.85. The molecule has 0 saturated heterocycles. The van der Waals surface area contributed by atoms with Crippen molar-refractivity contribution in [2.45, 2.75) is 13.3 Å². The average Bonchev–Trinajstić information content (AvgIpc) is 2.98. The summed E-state index contributed by atoms with van der Waals surface area (Å²) in [5.74, 6) is -0.221. The highest BCUT2D eigenvalue weighted by atomic mass is 16.5. The third-order valence-electron chi connectivity index (χ3n) is 3.29. The van der Waals surface area contributed by atoms with Crippen molar-refractivity contribution >= 4 is 22.7 Å². The number of fused-ring (bicyclic) bond motifs is 1. The van der Waals surface area contributed by atoms with Crippen molar-refractivity contribution < 1.29 is 18.7 Å². The summed E-state index contributed by atoms with van der Waals surface area (Å²) in [7, 11) is 0. The van der Waals surface area contributed by atoms with Gasteiger partial charge in [0, 0.05) is 11.8 Å².